The number of pyridine rings is 1. The van der Waals surface area contributed by atoms with Crippen molar-refractivity contribution >= 4 is 33.4 Å². The lowest BCUT2D eigenvalue weighted by molar-refractivity contribution is -0.137. The quantitative estimate of drug-likeness (QED) is 0.126. The number of aromatic nitrogens is 6. The molecule has 6 aromatic rings. The Morgan fingerprint density at radius 2 is 1.90 bits per heavy atom. The molecule has 2 N–H and O–H groups in total. The normalized spacial score (nSPS) is 20.7. The molecule has 4 aliphatic rings. The van der Waals surface area contributed by atoms with Gasteiger partial charge in [0.15, 0.2) is 5.75 Å². The zero-order valence-electron chi connectivity index (χ0n) is 36.3. The van der Waals surface area contributed by atoms with Crippen molar-refractivity contribution in [2.45, 2.75) is 103 Å². The number of carbonyl (C=O) groups excluding carboxylic acids is 1. The summed E-state index contributed by atoms with van der Waals surface area (Å²) in [5.41, 5.74) is 4.36. The summed E-state index contributed by atoms with van der Waals surface area (Å²) >= 11 is 0. The third-order valence-corrected chi connectivity index (χ3v) is 13.3. The molecule has 4 saturated heterocycles. The lowest BCUT2D eigenvalue weighted by Crippen LogP contribution is -2.44. The van der Waals surface area contributed by atoms with Crippen molar-refractivity contribution in [2.75, 3.05) is 37.7 Å². The lowest BCUT2D eigenvalue weighted by Gasteiger charge is -2.30. The van der Waals surface area contributed by atoms with Crippen LogP contribution < -0.4 is 19.7 Å². The highest BCUT2D eigenvalue weighted by Crippen LogP contribution is 2.44. The minimum absolute atomic E-state index is 0.0220. The van der Waals surface area contributed by atoms with Crippen LogP contribution in [-0.2, 0) is 22.6 Å². The van der Waals surface area contributed by atoms with E-state index in [0.717, 1.165) is 68.7 Å². The Morgan fingerprint density at radius 1 is 1.08 bits per heavy atom. The largest absolute Gasteiger partial charge is 0.508 e. The zero-order chi connectivity index (χ0) is 43.4. The summed E-state index contributed by atoms with van der Waals surface area (Å²) in [4.78, 5) is 33.2. The fourth-order valence-corrected chi connectivity index (χ4v) is 10.0. The maximum atomic E-state index is 15.6. The van der Waals surface area contributed by atoms with E-state index in [0.29, 0.717) is 75.6 Å². The van der Waals surface area contributed by atoms with Gasteiger partial charge in [0.25, 0.3) is 0 Å². The van der Waals surface area contributed by atoms with Crippen LogP contribution in [0.15, 0.2) is 60.9 Å². The van der Waals surface area contributed by atoms with Crippen molar-refractivity contribution in [1.82, 2.24) is 40.2 Å². The number of fused-ring (bicyclic) bond motifs is 4. The molecule has 4 unspecified atom stereocenters. The minimum atomic E-state index is -0.444. The van der Waals surface area contributed by atoms with Gasteiger partial charge in [0, 0.05) is 67.9 Å². The van der Waals surface area contributed by atoms with Gasteiger partial charge in [0.1, 0.15) is 53.0 Å². The van der Waals surface area contributed by atoms with Crippen LogP contribution in [0.2, 0.25) is 0 Å². The third-order valence-electron chi connectivity index (χ3n) is 13.3. The first-order valence-corrected chi connectivity index (χ1v) is 22.5. The van der Waals surface area contributed by atoms with Gasteiger partial charge in [0.05, 0.1) is 24.8 Å². The van der Waals surface area contributed by atoms with Gasteiger partial charge < -0.3 is 34.4 Å². The molecule has 2 bridgehead atoms. The Morgan fingerprint density at radius 3 is 2.62 bits per heavy atom. The fourth-order valence-electron chi connectivity index (χ4n) is 10.0. The smallest absolute Gasteiger partial charge is 0.319 e. The number of rotatable bonds is 12. The van der Waals surface area contributed by atoms with E-state index in [1.807, 2.05) is 56.1 Å². The first-order chi connectivity index (χ1) is 30.6. The second kappa shape index (κ2) is 17.0. The highest BCUT2D eigenvalue weighted by Gasteiger charge is 2.40. The number of phenols is 1. The number of aryl methyl sites for hydroxylation is 1. The van der Waals surface area contributed by atoms with Crippen molar-refractivity contribution in [2.24, 2.45) is 5.92 Å². The summed E-state index contributed by atoms with van der Waals surface area (Å²) in [6, 6.07) is 14.9. The second-order valence-electron chi connectivity index (χ2n) is 17.9. The Balaban J connectivity index is 1.04. The van der Waals surface area contributed by atoms with Crippen LogP contribution >= 0.6 is 0 Å². The summed E-state index contributed by atoms with van der Waals surface area (Å²) in [7, 11) is 0. The Hall–Kier alpha value is -5.93. The van der Waals surface area contributed by atoms with E-state index in [-0.39, 0.29) is 54.2 Å². The average molecular weight is 856 g/mol. The molecule has 63 heavy (non-hydrogen) atoms. The van der Waals surface area contributed by atoms with Gasteiger partial charge in [0.2, 0.25) is 5.91 Å². The molecule has 0 aliphatic carbocycles. The van der Waals surface area contributed by atoms with Crippen LogP contribution in [0.5, 0.6) is 17.5 Å². The summed E-state index contributed by atoms with van der Waals surface area (Å²) in [5.74, 6) is 0.912. The van der Waals surface area contributed by atoms with Crippen molar-refractivity contribution in [3.05, 3.63) is 77.9 Å². The van der Waals surface area contributed by atoms with Gasteiger partial charge in [-0.25, -0.2) is 9.07 Å². The third kappa shape index (κ3) is 7.79. The molecular weight excluding hydrogens is 802 g/mol. The number of hydrogen-bond acceptors (Lipinski definition) is 12. The molecule has 4 atom stereocenters. The zero-order valence-corrected chi connectivity index (χ0v) is 36.3. The van der Waals surface area contributed by atoms with E-state index in [2.05, 4.69) is 27.5 Å². The Kier molecular flexibility index (Phi) is 11.1. The SMILES string of the molecule is CCc1c(F)ccc2cc(O)cc(-c3ncc4c(N5CC6CC5CN6)nc(OC5CCOCC5)nc4c3OCc3ccc(-c4cn(C(C(=O)N5CCCC5C)C(C)C)nn4)cc3)c12. The molecule has 4 aliphatic heterocycles. The van der Waals surface area contributed by atoms with E-state index in [4.69, 9.17) is 29.2 Å². The highest BCUT2D eigenvalue weighted by molar-refractivity contribution is 6.04. The number of amides is 1. The molecule has 7 heterocycles. The van der Waals surface area contributed by atoms with Crippen molar-refractivity contribution in [3.63, 3.8) is 0 Å². The summed E-state index contributed by atoms with van der Waals surface area (Å²) < 4.78 is 36.3. The van der Waals surface area contributed by atoms with Gasteiger partial charge in [-0.15, -0.1) is 5.10 Å². The topological polar surface area (TPSA) is 153 Å². The number of hydrogen-bond donors (Lipinski definition) is 2. The van der Waals surface area contributed by atoms with Crippen molar-refractivity contribution < 1.29 is 28.5 Å². The number of phenolic OH excluding ortho intramolecular Hbond substituents is 1. The number of halogens is 1. The van der Waals surface area contributed by atoms with Gasteiger partial charge in [-0.3, -0.25) is 9.78 Å². The number of likely N-dealkylation sites (tertiary alicyclic amines) is 1. The van der Waals surface area contributed by atoms with Crippen LogP contribution in [0.4, 0.5) is 10.2 Å². The van der Waals surface area contributed by atoms with Crippen molar-refractivity contribution in [3.8, 4) is 40.0 Å². The van der Waals surface area contributed by atoms with E-state index in [1.54, 1.807) is 29.1 Å². The summed E-state index contributed by atoms with van der Waals surface area (Å²) in [5, 5.41) is 25.7. The molecule has 14 nitrogen and oxygen atoms in total. The van der Waals surface area contributed by atoms with E-state index in [9.17, 15) is 9.90 Å². The number of nitrogens with one attached hydrogen (secondary N) is 1. The van der Waals surface area contributed by atoms with Crippen LogP contribution in [0.1, 0.15) is 77.0 Å². The lowest BCUT2D eigenvalue weighted by atomic mass is 9.94. The Labute approximate surface area is 365 Å². The first kappa shape index (κ1) is 41.1. The van der Waals surface area contributed by atoms with E-state index in [1.165, 1.54) is 6.07 Å². The second-order valence-corrected chi connectivity index (χ2v) is 17.9. The Bertz CT molecular complexity index is 2670. The number of piperazine rings is 1. The molecule has 15 heteroatoms. The number of anilines is 1. The molecule has 0 saturated carbocycles. The molecule has 3 aromatic carbocycles. The molecule has 328 valence electrons. The van der Waals surface area contributed by atoms with Crippen LogP contribution in [0.3, 0.4) is 0 Å². The maximum Gasteiger partial charge on any atom is 0.319 e. The molecule has 1 amide bonds. The monoisotopic (exact) mass is 855 g/mol. The number of nitrogens with zero attached hydrogens (tertiary/aromatic N) is 8. The highest BCUT2D eigenvalue weighted by atomic mass is 19.1. The number of ether oxygens (including phenoxy) is 3. The van der Waals surface area contributed by atoms with Crippen LogP contribution in [0, 0.1) is 11.7 Å². The summed E-state index contributed by atoms with van der Waals surface area (Å²) in [6.07, 6.45) is 8.43. The molecule has 0 spiro atoms. The van der Waals surface area contributed by atoms with Gasteiger partial charge in [-0.1, -0.05) is 56.3 Å². The van der Waals surface area contributed by atoms with Gasteiger partial charge >= 0.3 is 6.01 Å². The van der Waals surface area contributed by atoms with Gasteiger partial charge in [-0.05, 0) is 78.6 Å². The van der Waals surface area contributed by atoms with E-state index < -0.39 is 6.04 Å². The average Bonchev–Trinajstić information content (AvgIpc) is 4.13. The fraction of sp³-hybridized carbons (Fsp3) is 0.458. The number of aromatic hydroxyl groups is 1. The molecule has 10 rings (SSSR count). The first-order valence-electron chi connectivity index (χ1n) is 22.5. The predicted molar refractivity (Wildman–Crippen MR) is 237 cm³/mol. The van der Waals surface area contributed by atoms with Crippen LogP contribution in [-0.4, -0.2) is 103 Å². The van der Waals surface area contributed by atoms with Crippen LogP contribution in [0.25, 0.3) is 44.2 Å². The molecule has 0 radical (unpaired) electrons. The van der Waals surface area contributed by atoms with Gasteiger partial charge in [-0.2, -0.15) is 9.97 Å². The van der Waals surface area contributed by atoms with E-state index >= 15 is 4.39 Å². The standard InChI is InChI=1S/C48H54FN9O5/c1-5-36-39(49)13-12-31-19-34(59)21-37(41(31)36)42-45(43-38(23-51-42)46(57-24-32-20-33(57)22-50-32)53-48(52-43)63-35-14-17-61-18-15-35)62-26-29-8-10-30(11-9-29)40-25-58(55-54-40)44(27(2)3)47(60)56-16-6-7-28(56)4/h8-13,19,21,23,25,27-28,32-33,35,44,50,59H,5-7,14-18,20,22,24,26H2,1-4H3. The van der Waals surface area contributed by atoms with Crippen molar-refractivity contribution in [1.29, 1.82) is 0 Å². The molecule has 3 aromatic heterocycles. The minimum Gasteiger partial charge on any atom is -0.508 e. The molecular formula is C48H54FN9O5. The number of benzene rings is 3. The maximum absolute atomic E-state index is 15.6. The molecule has 4 fully saturated rings. The number of carbonyl (C=O) groups is 1. The summed E-state index contributed by atoms with van der Waals surface area (Å²) in [6.45, 7) is 11.8. The predicted octanol–water partition coefficient (Wildman–Crippen LogP) is 7.41.